The number of ether oxygens (including phenoxy) is 1. The summed E-state index contributed by atoms with van der Waals surface area (Å²) in [6.07, 6.45) is 0.578. The van der Waals surface area contributed by atoms with Crippen LogP contribution in [-0.4, -0.2) is 31.3 Å². The summed E-state index contributed by atoms with van der Waals surface area (Å²) in [5.41, 5.74) is 2.43. The van der Waals surface area contributed by atoms with Gasteiger partial charge in [-0.1, -0.05) is 24.3 Å². The first-order valence-electron chi connectivity index (χ1n) is 8.57. The van der Waals surface area contributed by atoms with Gasteiger partial charge in [0.05, 0.1) is 19.1 Å². The SMILES string of the molecule is COc1ccccc1C(CNC(=O)C1Cc2ccc(F)cc21)NC(=O)CCl. The zero-order valence-corrected chi connectivity index (χ0v) is 15.6. The summed E-state index contributed by atoms with van der Waals surface area (Å²) < 4.78 is 18.8. The predicted molar refractivity (Wildman–Crippen MR) is 100 cm³/mol. The number of para-hydroxylation sites is 1. The lowest BCUT2D eigenvalue weighted by molar-refractivity contribution is -0.124. The van der Waals surface area contributed by atoms with Crippen LogP contribution in [0.5, 0.6) is 5.75 Å². The van der Waals surface area contributed by atoms with Gasteiger partial charge in [-0.15, -0.1) is 11.6 Å². The van der Waals surface area contributed by atoms with E-state index < -0.39 is 6.04 Å². The van der Waals surface area contributed by atoms with Gasteiger partial charge in [-0.3, -0.25) is 9.59 Å². The molecule has 0 aromatic heterocycles. The second-order valence-corrected chi connectivity index (χ2v) is 6.61. The van der Waals surface area contributed by atoms with Crippen molar-refractivity contribution < 1.29 is 18.7 Å². The molecule has 3 rings (SSSR count). The van der Waals surface area contributed by atoms with Gasteiger partial charge in [-0.2, -0.15) is 0 Å². The van der Waals surface area contributed by atoms with Gasteiger partial charge >= 0.3 is 0 Å². The van der Waals surface area contributed by atoms with Gasteiger partial charge in [-0.05, 0) is 35.7 Å². The molecule has 1 aliphatic carbocycles. The Morgan fingerprint density at radius 2 is 2.07 bits per heavy atom. The monoisotopic (exact) mass is 390 g/mol. The van der Waals surface area contributed by atoms with Crippen LogP contribution in [0.2, 0.25) is 0 Å². The number of nitrogens with one attached hydrogen (secondary N) is 2. The van der Waals surface area contributed by atoms with Gasteiger partial charge in [0.2, 0.25) is 11.8 Å². The number of rotatable bonds is 7. The van der Waals surface area contributed by atoms with Gasteiger partial charge in [0.25, 0.3) is 0 Å². The molecule has 142 valence electrons. The third-order valence-electron chi connectivity index (χ3n) is 4.68. The molecule has 2 atom stereocenters. The first kappa shape index (κ1) is 19.2. The lowest BCUT2D eigenvalue weighted by Crippen LogP contribution is -2.42. The van der Waals surface area contributed by atoms with Crippen molar-refractivity contribution in [2.75, 3.05) is 19.5 Å². The molecular formula is C20H20ClFN2O3. The molecule has 5 nitrogen and oxygen atoms in total. The average Bonchev–Trinajstić information content (AvgIpc) is 2.67. The fraction of sp³-hybridized carbons (Fsp3) is 0.300. The standard InChI is InChI=1S/C20H20ClFN2O3/c1-27-18-5-3-2-4-14(18)17(24-19(25)10-21)11-23-20(26)16-8-12-6-7-13(22)9-15(12)16/h2-7,9,16-17H,8,10-11H2,1H3,(H,23,26)(H,24,25). The Bertz CT molecular complexity index is 859. The van der Waals surface area contributed by atoms with Crippen LogP contribution in [0.15, 0.2) is 42.5 Å². The Morgan fingerprint density at radius 3 is 2.81 bits per heavy atom. The van der Waals surface area contributed by atoms with Crippen molar-refractivity contribution in [3.05, 3.63) is 65.0 Å². The second-order valence-electron chi connectivity index (χ2n) is 6.34. The number of fused-ring (bicyclic) bond motifs is 1. The van der Waals surface area contributed by atoms with Crippen molar-refractivity contribution in [2.45, 2.75) is 18.4 Å². The third-order valence-corrected chi connectivity index (χ3v) is 4.92. The minimum atomic E-state index is -0.497. The molecule has 0 fully saturated rings. The minimum Gasteiger partial charge on any atom is -0.496 e. The van der Waals surface area contributed by atoms with Crippen molar-refractivity contribution in [3.63, 3.8) is 0 Å². The second kappa shape index (κ2) is 8.39. The highest BCUT2D eigenvalue weighted by molar-refractivity contribution is 6.27. The first-order valence-corrected chi connectivity index (χ1v) is 9.11. The summed E-state index contributed by atoms with van der Waals surface area (Å²) in [7, 11) is 1.54. The molecule has 2 N–H and O–H groups in total. The summed E-state index contributed by atoms with van der Waals surface area (Å²) in [4.78, 5) is 24.3. The Labute approximate surface area is 161 Å². The minimum absolute atomic E-state index is 0.170. The first-order chi connectivity index (χ1) is 13.0. The van der Waals surface area contributed by atoms with Crippen molar-refractivity contribution in [1.29, 1.82) is 0 Å². The quantitative estimate of drug-likeness (QED) is 0.714. The summed E-state index contributed by atoms with van der Waals surface area (Å²) >= 11 is 5.61. The van der Waals surface area contributed by atoms with Crippen LogP contribution in [0.4, 0.5) is 4.39 Å². The summed E-state index contributed by atoms with van der Waals surface area (Å²) in [5.74, 6) is -0.867. The Balaban J connectivity index is 1.71. The molecule has 0 heterocycles. The zero-order valence-electron chi connectivity index (χ0n) is 14.8. The zero-order chi connectivity index (χ0) is 19.4. The van der Waals surface area contributed by atoms with Gasteiger partial charge in [0.1, 0.15) is 17.4 Å². The van der Waals surface area contributed by atoms with Crippen LogP contribution >= 0.6 is 11.6 Å². The van der Waals surface area contributed by atoms with Crippen LogP contribution in [-0.2, 0) is 16.0 Å². The van der Waals surface area contributed by atoms with Crippen molar-refractivity contribution in [1.82, 2.24) is 10.6 Å². The molecule has 0 radical (unpaired) electrons. The Morgan fingerprint density at radius 1 is 1.30 bits per heavy atom. The van der Waals surface area contributed by atoms with E-state index >= 15 is 0 Å². The summed E-state index contributed by atoms with van der Waals surface area (Å²) in [5, 5.41) is 5.64. The number of amides is 2. The summed E-state index contributed by atoms with van der Waals surface area (Å²) in [6.45, 7) is 0.170. The van der Waals surface area contributed by atoms with E-state index in [1.54, 1.807) is 12.1 Å². The number of benzene rings is 2. The molecule has 0 bridgehead atoms. The Hall–Kier alpha value is -2.60. The van der Waals surface area contributed by atoms with Crippen molar-refractivity contribution in [2.24, 2.45) is 0 Å². The fourth-order valence-electron chi connectivity index (χ4n) is 3.26. The molecule has 2 aromatic rings. The van der Waals surface area contributed by atoms with E-state index in [0.29, 0.717) is 17.7 Å². The Kier molecular flexibility index (Phi) is 5.96. The van der Waals surface area contributed by atoms with Crippen LogP contribution in [0.1, 0.15) is 28.7 Å². The van der Waals surface area contributed by atoms with Gasteiger partial charge in [0, 0.05) is 12.1 Å². The molecular weight excluding hydrogens is 371 g/mol. The maximum Gasteiger partial charge on any atom is 0.235 e. The molecule has 2 amide bonds. The van der Waals surface area contributed by atoms with Crippen LogP contribution in [0.25, 0.3) is 0 Å². The predicted octanol–water partition coefficient (Wildman–Crippen LogP) is 2.69. The maximum atomic E-state index is 13.4. The highest BCUT2D eigenvalue weighted by Crippen LogP contribution is 2.35. The number of hydrogen-bond acceptors (Lipinski definition) is 3. The largest absolute Gasteiger partial charge is 0.496 e. The van der Waals surface area contributed by atoms with E-state index in [9.17, 15) is 14.0 Å². The van der Waals surface area contributed by atoms with E-state index in [1.807, 2.05) is 18.2 Å². The molecule has 0 saturated heterocycles. The molecule has 2 aromatic carbocycles. The lowest BCUT2D eigenvalue weighted by atomic mass is 9.77. The molecule has 0 spiro atoms. The fourth-order valence-corrected chi connectivity index (χ4v) is 3.34. The molecule has 27 heavy (non-hydrogen) atoms. The average molecular weight is 391 g/mol. The van der Waals surface area contributed by atoms with Crippen molar-refractivity contribution >= 4 is 23.4 Å². The number of alkyl halides is 1. The molecule has 7 heteroatoms. The number of halogens is 2. The van der Waals surface area contributed by atoms with E-state index in [0.717, 1.165) is 11.1 Å². The van der Waals surface area contributed by atoms with Crippen molar-refractivity contribution in [3.8, 4) is 5.75 Å². The number of methoxy groups -OCH3 is 1. The number of carbonyl (C=O) groups excluding carboxylic acids is 2. The molecule has 1 aliphatic rings. The highest BCUT2D eigenvalue weighted by Gasteiger charge is 2.33. The van der Waals surface area contributed by atoms with E-state index in [-0.39, 0.29) is 36.0 Å². The van der Waals surface area contributed by atoms with E-state index in [4.69, 9.17) is 16.3 Å². The molecule has 2 unspecified atom stereocenters. The number of hydrogen-bond donors (Lipinski definition) is 2. The van der Waals surface area contributed by atoms with Crippen LogP contribution < -0.4 is 15.4 Å². The van der Waals surface area contributed by atoms with E-state index in [1.165, 1.54) is 19.2 Å². The van der Waals surface area contributed by atoms with Crippen LogP contribution in [0.3, 0.4) is 0 Å². The molecule has 0 saturated carbocycles. The van der Waals surface area contributed by atoms with Gasteiger partial charge in [0.15, 0.2) is 0 Å². The van der Waals surface area contributed by atoms with Gasteiger partial charge < -0.3 is 15.4 Å². The normalized spacial score (nSPS) is 15.9. The maximum absolute atomic E-state index is 13.4. The van der Waals surface area contributed by atoms with Crippen LogP contribution in [0, 0.1) is 5.82 Å². The van der Waals surface area contributed by atoms with Gasteiger partial charge in [-0.25, -0.2) is 4.39 Å². The lowest BCUT2D eigenvalue weighted by Gasteiger charge is -2.30. The highest BCUT2D eigenvalue weighted by atomic mass is 35.5. The third kappa shape index (κ3) is 4.22. The molecule has 0 aliphatic heterocycles. The number of carbonyl (C=O) groups is 2. The smallest absolute Gasteiger partial charge is 0.235 e. The van der Waals surface area contributed by atoms with E-state index in [2.05, 4.69) is 10.6 Å². The summed E-state index contributed by atoms with van der Waals surface area (Å²) in [6, 6.07) is 11.2. The topological polar surface area (TPSA) is 67.4 Å².